The van der Waals surface area contributed by atoms with Crippen molar-refractivity contribution in [2.45, 2.75) is 13.3 Å². The Balaban J connectivity index is 1.81. The van der Waals surface area contributed by atoms with E-state index in [0.29, 0.717) is 13.1 Å². The molecule has 0 fully saturated rings. The van der Waals surface area contributed by atoms with Gasteiger partial charge < -0.3 is 15.1 Å². The lowest BCUT2D eigenvalue weighted by molar-refractivity contribution is -0.120. The van der Waals surface area contributed by atoms with E-state index < -0.39 is 0 Å². The Bertz CT molecular complexity index is 522. The van der Waals surface area contributed by atoms with Crippen LogP contribution in [0.3, 0.4) is 0 Å². The average molecular weight is 247 g/mol. The maximum Gasteiger partial charge on any atom is 0.233 e. The highest BCUT2D eigenvalue weighted by Crippen LogP contribution is 2.14. The number of carbonyl (C=O) groups is 1. The third-order valence-corrected chi connectivity index (χ3v) is 2.67. The van der Waals surface area contributed by atoms with Gasteiger partial charge in [-0.1, -0.05) is 13.0 Å². The van der Waals surface area contributed by atoms with Gasteiger partial charge in [0.15, 0.2) is 12.0 Å². The summed E-state index contributed by atoms with van der Waals surface area (Å²) in [7, 11) is 0. The van der Waals surface area contributed by atoms with E-state index in [9.17, 15) is 4.79 Å². The van der Waals surface area contributed by atoms with Gasteiger partial charge in [0.2, 0.25) is 5.91 Å². The molecule has 2 N–H and O–H groups in total. The number of amides is 1. The Morgan fingerprint density at radius 2 is 2.33 bits per heavy atom. The lowest BCUT2D eigenvalue weighted by Crippen LogP contribution is -2.34. The Hall–Kier alpha value is -1.88. The number of carbonyl (C=O) groups excluding carboxylic acids is 1. The predicted molar refractivity (Wildman–Crippen MR) is 69.3 cm³/mol. The number of nitrogens with zero attached hydrogens (tertiary/aromatic N) is 1. The summed E-state index contributed by atoms with van der Waals surface area (Å²) < 4.78 is 5.23. The second kappa shape index (κ2) is 6.16. The van der Waals surface area contributed by atoms with E-state index in [0.717, 1.165) is 29.6 Å². The second-order valence-electron chi connectivity index (χ2n) is 4.03. The van der Waals surface area contributed by atoms with Gasteiger partial charge in [-0.25, -0.2) is 4.98 Å². The molecule has 96 valence electrons. The monoisotopic (exact) mass is 247 g/mol. The summed E-state index contributed by atoms with van der Waals surface area (Å²) in [6, 6.07) is 5.88. The van der Waals surface area contributed by atoms with Crippen LogP contribution in [0.15, 0.2) is 29.0 Å². The summed E-state index contributed by atoms with van der Waals surface area (Å²) in [5.74, 6) is 0.0255. The third kappa shape index (κ3) is 3.30. The van der Waals surface area contributed by atoms with Crippen LogP contribution >= 0.6 is 0 Å². The smallest absolute Gasteiger partial charge is 0.233 e. The Morgan fingerprint density at radius 3 is 3.17 bits per heavy atom. The highest BCUT2D eigenvalue weighted by Gasteiger charge is 2.02. The number of aromatic nitrogens is 1. The second-order valence-corrected chi connectivity index (χ2v) is 4.03. The number of hydrogen-bond donors (Lipinski definition) is 2. The molecule has 0 aliphatic heterocycles. The number of oxazole rings is 1. The molecule has 5 nitrogen and oxygen atoms in total. The van der Waals surface area contributed by atoms with E-state index in [1.165, 1.54) is 6.39 Å². The molecular formula is C13H17N3O2. The van der Waals surface area contributed by atoms with Gasteiger partial charge in [-0.15, -0.1) is 0 Å². The first-order valence-electron chi connectivity index (χ1n) is 6.09. The molecule has 0 bridgehead atoms. The standard InChI is InChI=1S/C13H17N3O2/c1-2-14-8-13(17)15-6-5-10-3-4-11-12(7-10)18-9-16-11/h3-4,7,9,14H,2,5-6,8H2,1H3,(H,15,17). The van der Waals surface area contributed by atoms with Gasteiger partial charge in [0.25, 0.3) is 0 Å². The molecule has 0 radical (unpaired) electrons. The van der Waals surface area contributed by atoms with Gasteiger partial charge in [-0.2, -0.15) is 0 Å². The fourth-order valence-corrected chi connectivity index (χ4v) is 1.70. The van der Waals surface area contributed by atoms with Crippen LogP contribution in [0.25, 0.3) is 11.1 Å². The maximum atomic E-state index is 11.4. The predicted octanol–water partition coefficient (Wildman–Crippen LogP) is 1.10. The quantitative estimate of drug-likeness (QED) is 0.802. The fourth-order valence-electron chi connectivity index (χ4n) is 1.70. The highest BCUT2D eigenvalue weighted by molar-refractivity contribution is 5.78. The van der Waals surface area contributed by atoms with Crippen LogP contribution in [0.1, 0.15) is 12.5 Å². The minimum atomic E-state index is 0.0255. The van der Waals surface area contributed by atoms with Crippen molar-refractivity contribution in [2.75, 3.05) is 19.6 Å². The van der Waals surface area contributed by atoms with Crippen molar-refractivity contribution in [1.29, 1.82) is 0 Å². The summed E-state index contributed by atoms with van der Waals surface area (Å²) in [4.78, 5) is 15.4. The van der Waals surface area contributed by atoms with Crippen LogP contribution in [-0.4, -0.2) is 30.5 Å². The van der Waals surface area contributed by atoms with Crippen LogP contribution in [-0.2, 0) is 11.2 Å². The van der Waals surface area contributed by atoms with Gasteiger partial charge in [-0.05, 0) is 30.7 Å². The van der Waals surface area contributed by atoms with Gasteiger partial charge in [0.05, 0.1) is 6.54 Å². The van der Waals surface area contributed by atoms with E-state index >= 15 is 0 Å². The zero-order chi connectivity index (χ0) is 12.8. The summed E-state index contributed by atoms with van der Waals surface area (Å²) >= 11 is 0. The van der Waals surface area contributed by atoms with Gasteiger partial charge in [0.1, 0.15) is 5.52 Å². The van der Waals surface area contributed by atoms with Crippen LogP contribution < -0.4 is 10.6 Å². The zero-order valence-corrected chi connectivity index (χ0v) is 10.4. The van der Waals surface area contributed by atoms with Crippen molar-refractivity contribution < 1.29 is 9.21 Å². The minimum Gasteiger partial charge on any atom is -0.443 e. The van der Waals surface area contributed by atoms with Crippen LogP contribution in [0, 0.1) is 0 Å². The highest BCUT2D eigenvalue weighted by atomic mass is 16.3. The number of benzene rings is 1. The Morgan fingerprint density at radius 1 is 1.44 bits per heavy atom. The number of fused-ring (bicyclic) bond motifs is 1. The molecule has 0 aliphatic carbocycles. The van der Waals surface area contributed by atoms with Gasteiger partial charge >= 0.3 is 0 Å². The SMILES string of the molecule is CCNCC(=O)NCCc1ccc2ncoc2c1. The van der Waals surface area contributed by atoms with E-state index in [4.69, 9.17) is 4.42 Å². The van der Waals surface area contributed by atoms with Crippen molar-refractivity contribution in [3.8, 4) is 0 Å². The molecule has 2 aromatic rings. The van der Waals surface area contributed by atoms with Crippen molar-refractivity contribution in [2.24, 2.45) is 0 Å². The first-order chi connectivity index (χ1) is 8.79. The number of likely N-dealkylation sites (N-methyl/N-ethyl adjacent to an activating group) is 1. The summed E-state index contributed by atoms with van der Waals surface area (Å²) in [5, 5.41) is 5.84. The normalized spacial score (nSPS) is 10.7. The molecule has 1 amide bonds. The summed E-state index contributed by atoms with van der Waals surface area (Å²) in [6.07, 6.45) is 2.22. The molecule has 18 heavy (non-hydrogen) atoms. The van der Waals surface area contributed by atoms with Crippen LogP contribution in [0.5, 0.6) is 0 Å². The average Bonchev–Trinajstić information content (AvgIpc) is 2.83. The summed E-state index contributed by atoms with van der Waals surface area (Å²) in [6.45, 7) is 3.77. The first-order valence-corrected chi connectivity index (χ1v) is 6.09. The molecule has 0 aliphatic rings. The number of hydrogen-bond acceptors (Lipinski definition) is 4. The van der Waals surface area contributed by atoms with Crippen molar-refractivity contribution in [3.63, 3.8) is 0 Å². The van der Waals surface area contributed by atoms with E-state index in [1.54, 1.807) is 0 Å². The van der Waals surface area contributed by atoms with E-state index in [-0.39, 0.29) is 5.91 Å². The van der Waals surface area contributed by atoms with Crippen molar-refractivity contribution in [1.82, 2.24) is 15.6 Å². The molecule has 1 heterocycles. The van der Waals surface area contributed by atoms with Crippen LogP contribution in [0.2, 0.25) is 0 Å². The fraction of sp³-hybridized carbons (Fsp3) is 0.385. The van der Waals surface area contributed by atoms with E-state index in [2.05, 4.69) is 15.6 Å². The van der Waals surface area contributed by atoms with Gasteiger partial charge in [0, 0.05) is 6.54 Å². The van der Waals surface area contributed by atoms with Crippen molar-refractivity contribution >= 4 is 17.0 Å². The molecule has 5 heteroatoms. The molecule has 0 unspecified atom stereocenters. The Labute approximate surface area is 106 Å². The van der Waals surface area contributed by atoms with Gasteiger partial charge in [-0.3, -0.25) is 4.79 Å². The molecule has 0 atom stereocenters. The first kappa shape index (κ1) is 12.6. The lowest BCUT2D eigenvalue weighted by atomic mass is 10.1. The summed E-state index contributed by atoms with van der Waals surface area (Å²) in [5.41, 5.74) is 2.77. The zero-order valence-electron chi connectivity index (χ0n) is 10.4. The largest absolute Gasteiger partial charge is 0.443 e. The molecule has 1 aromatic heterocycles. The third-order valence-electron chi connectivity index (χ3n) is 2.67. The van der Waals surface area contributed by atoms with E-state index in [1.807, 2.05) is 25.1 Å². The molecule has 0 spiro atoms. The van der Waals surface area contributed by atoms with Crippen molar-refractivity contribution in [3.05, 3.63) is 30.2 Å². The number of nitrogens with one attached hydrogen (secondary N) is 2. The molecule has 2 rings (SSSR count). The lowest BCUT2D eigenvalue weighted by Gasteiger charge is -2.05. The molecule has 1 aromatic carbocycles. The van der Waals surface area contributed by atoms with Crippen LogP contribution in [0.4, 0.5) is 0 Å². The molecule has 0 saturated heterocycles. The minimum absolute atomic E-state index is 0.0255. The molecule has 0 saturated carbocycles. The Kier molecular flexibility index (Phi) is 4.30. The number of rotatable bonds is 6. The topological polar surface area (TPSA) is 67.2 Å². The molecular weight excluding hydrogens is 230 g/mol. The maximum absolute atomic E-state index is 11.4.